The predicted octanol–water partition coefficient (Wildman–Crippen LogP) is 11.6. The largest absolute Gasteiger partial charge is 0.310 e. The highest BCUT2D eigenvalue weighted by molar-refractivity contribution is 7.25. The van der Waals surface area contributed by atoms with E-state index < -0.39 is 0 Å². The molecule has 1 aromatic heterocycles. The average Bonchev–Trinajstić information content (AvgIpc) is 3.36. The molecule has 0 amide bonds. The van der Waals surface area contributed by atoms with Crippen molar-refractivity contribution in [2.45, 2.75) is 13.8 Å². The van der Waals surface area contributed by atoms with Gasteiger partial charge in [-0.3, -0.25) is 0 Å². The number of hydrogen-bond donors (Lipinski definition) is 0. The minimum atomic E-state index is 1.15. The van der Waals surface area contributed by atoms with Gasteiger partial charge in [0.25, 0.3) is 0 Å². The molecule has 0 bridgehead atoms. The lowest BCUT2D eigenvalue weighted by Crippen LogP contribution is -2.09. The zero-order valence-electron chi connectivity index (χ0n) is 23.2. The second-order valence-corrected chi connectivity index (χ2v) is 11.6. The Morgan fingerprint density at radius 2 is 0.756 bits per heavy atom. The summed E-state index contributed by atoms with van der Waals surface area (Å²) in [5.41, 5.74) is 9.44. The number of anilines is 6. The summed E-state index contributed by atoms with van der Waals surface area (Å²) in [6.45, 7) is 4.30. The number of aryl methyl sites for hydroxylation is 2. The molecule has 0 aliphatic carbocycles. The maximum atomic E-state index is 2.34. The lowest BCUT2D eigenvalue weighted by Gasteiger charge is -2.26. The van der Waals surface area contributed by atoms with Crippen LogP contribution in [0.15, 0.2) is 146 Å². The van der Waals surface area contributed by atoms with Crippen LogP contribution in [0.1, 0.15) is 11.1 Å². The fourth-order valence-corrected chi connectivity index (χ4v) is 6.79. The Morgan fingerprint density at radius 1 is 0.366 bits per heavy atom. The van der Waals surface area contributed by atoms with Crippen LogP contribution in [-0.2, 0) is 0 Å². The Balaban J connectivity index is 1.36. The molecule has 0 saturated carbocycles. The first-order valence-electron chi connectivity index (χ1n) is 13.9. The molecule has 0 radical (unpaired) electrons. The fourth-order valence-electron chi connectivity index (χ4n) is 5.62. The normalized spacial score (nSPS) is 11.2. The lowest BCUT2D eigenvalue weighted by atomic mass is 10.1. The number of rotatable bonds is 6. The van der Waals surface area contributed by atoms with Crippen LogP contribution in [0.2, 0.25) is 0 Å². The molecular formula is C38H30N2S. The smallest absolute Gasteiger partial charge is 0.0476 e. The van der Waals surface area contributed by atoms with E-state index >= 15 is 0 Å². The lowest BCUT2D eigenvalue weighted by molar-refractivity contribution is 1.28. The van der Waals surface area contributed by atoms with Crippen LogP contribution in [0.5, 0.6) is 0 Å². The summed E-state index contributed by atoms with van der Waals surface area (Å²) in [5.74, 6) is 0. The highest BCUT2D eigenvalue weighted by atomic mass is 32.1. The van der Waals surface area contributed by atoms with Crippen molar-refractivity contribution in [3.8, 4) is 0 Å². The number of nitrogens with zero attached hydrogens (tertiary/aromatic N) is 2. The van der Waals surface area contributed by atoms with Gasteiger partial charge in [-0.25, -0.2) is 0 Å². The van der Waals surface area contributed by atoms with E-state index in [1.54, 1.807) is 0 Å². The molecule has 0 atom stereocenters. The highest BCUT2D eigenvalue weighted by Gasteiger charge is 2.17. The van der Waals surface area contributed by atoms with Gasteiger partial charge in [0.1, 0.15) is 0 Å². The van der Waals surface area contributed by atoms with Crippen molar-refractivity contribution in [1.82, 2.24) is 0 Å². The molecule has 0 aliphatic heterocycles. The molecule has 3 heteroatoms. The summed E-state index contributed by atoms with van der Waals surface area (Å²) in [7, 11) is 0. The summed E-state index contributed by atoms with van der Waals surface area (Å²) in [4.78, 5) is 4.69. The predicted molar refractivity (Wildman–Crippen MR) is 178 cm³/mol. The van der Waals surface area contributed by atoms with Gasteiger partial charge in [0, 0.05) is 54.3 Å². The number of fused-ring (bicyclic) bond motifs is 3. The summed E-state index contributed by atoms with van der Waals surface area (Å²) >= 11 is 1.86. The van der Waals surface area contributed by atoms with E-state index in [0.29, 0.717) is 0 Å². The van der Waals surface area contributed by atoms with E-state index in [9.17, 15) is 0 Å². The number of thiophene rings is 1. The zero-order valence-corrected chi connectivity index (χ0v) is 24.0. The minimum absolute atomic E-state index is 1.15. The Morgan fingerprint density at radius 3 is 1.17 bits per heavy atom. The SMILES string of the molecule is Cc1cccc(N(c2ccccc2)c2ccc3c(c2)sc2cc(N(c4ccccc4)c4cccc(C)c4)ccc23)c1. The van der Waals surface area contributed by atoms with Crippen LogP contribution in [0, 0.1) is 13.8 Å². The summed E-state index contributed by atoms with van der Waals surface area (Å²) in [5, 5.41) is 2.58. The standard InChI is InChI=1S/C38H30N2S/c1-27-11-9-17-31(23-27)39(29-13-5-3-6-14-29)33-19-21-35-36-22-20-34(26-38(36)41-37(35)25-33)40(30-15-7-4-8-16-30)32-18-10-12-28(2)24-32/h3-26H,1-2H3. The van der Waals surface area contributed by atoms with Crippen LogP contribution in [0.25, 0.3) is 20.2 Å². The van der Waals surface area contributed by atoms with Gasteiger partial charge < -0.3 is 9.80 Å². The molecule has 0 fully saturated rings. The Hall–Kier alpha value is -4.86. The van der Waals surface area contributed by atoms with E-state index in [1.807, 2.05) is 11.3 Å². The van der Waals surface area contributed by atoms with Gasteiger partial charge in [-0.2, -0.15) is 0 Å². The minimum Gasteiger partial charge on any atom is -0.310 e. The van der Waals surface area contributed by atoms with Gasteiger partial charge >= 0.3 is 0 Å². The first-order valence-corrected chi connectivity index (χ1v) is 14.8. The van der Waals surface area contributed by atoms with Crippen molar-refractivity contribution in [3.63, 3.8) is 0 Å². The third-order valence-electron chi connectivity index (χ3n) is 7.51. The van der Waals surface area contributed by atoms with E-state index in [2.05, 4.69) is 169 Å². The Labute approximate surface area is 245 Å². The third-order valence-corrected chi connectivity index (χ3v) is 8.62. The van der Waals surface area contributed by atoms with E-state index in [1.165, 1.54) is 31.3 Å². The van der Waals surface area contributed by atoms with Crippen LogP contribution < -0.4 is 9.80 Å². The average molecular weight is 547 g/mol. The van der Waals surface area contributed by atoms with Gasteiger partial charge in [0.05, 0.1) is 0 Å². The number of para-hydroxylation sites is 2. The molecule has 7 rings (SSSR count). The number of hydrogen-bond acceptors (Lipinski definition) is 3. The van der Waals surface area contributed by atoms with E-state index in [-0.39, 0.29) is 0 Å². The van der Waals surface area contributed by atoms with E-state index in [0.717, 1.165) is 34.1 Å². The maximum absolute atomic E-state index is 2.34. The Bertz CT molecular complexity index is 1830. The summed E-state index contributed by atoms with van der Waals surface area (Å²) in [6, 6.07) is 52.4. The number of benzene rings is 6. The van der Waals surface area contributed by atoms with Crippen LogP contribution in [0.3, 0.4) is 0 Å². The maximum Gasteiger partial charge on any atom is 0.0476 e. The van der Waals surface area contributed by atoms with Gasteiger partial charge in [0.15, 0.2) is 0 Å². The third kappa shape index (κ3) is 4.86. The molecule has 2 nitrogen and oxygen atoms in total. The summed E-state index contributed by atoms with van der Waals surface area (Å²) < 4.78 is 2.56. The van der Waals surface area contributed by atoms with Crippen molar-refractivity contribution in [2.75, 3.05) is 9.80 Å². The first kappa shape index (κ1) is 25.1. The first-order chi connectivity index (χ1) is 20.1. The highest BCUT2D eigenvalue weighted by Crippen LogP contribution is 2.43. The van der Waals surface area contributed by atoms with Crippen molar-refractivity contribution < 1.29 is 0 Å². The summed E-state index contributed by atoms with van der Waals surface area (Å²) in [6.07, 6.45) is 0. The molecule has 6 aromatic carbocycles. The van der Waals surface area contributed by atoms with Crippen molar-refractivity contribution in [2.24, 2.45) is 0 Å². The van der Waals surface area contributed by atoms with Crippen LogP contribution >= 0.6 is 11.3 Å². The fraction of sp³-hybridized carbons (Fsp3) is 0.0526. The van der Waals surface area contributed by atoms with Gasteiger partial charge in [-0.05, 0) is 97.8 Å². The molecule has 7 aromatic rings. The molecular weight excluding hydrogens is 516 g/mol. The van der Waals surface area contributed by atoms with E-state index in [4.69, 9.17) is 0 Å². The molecule has 0 aliphatic rings. The molecule has 0 saturated heterocycles. The molecule has 0 unspecified atom stereocenters. The second-order valence-electron chi connectivity index (χ2n) is 10.5. The molecule has 41 heavy (non-hydrogen) atoms. The van der Waals surface area contributed by atoms with Crippen molar-refractivity contribution >= 4 is 65.6 Å². The molecule has 1 heterocycles. The molecule has 198 valence electrons. The van der Waals surface area contributed by atoms with Gasteiger partial charge in [-0.1, -0.05) is 72.8 Å². The van der Waals surface area contributed by atoms with Crippen molar-refractivity contribution in [1.29, 1.82) is 0 Å². The second kappa shape index (κ2) is 10.6. The topological polar surface area (TPSA) is 6.48 Å². The van der Waals surface area contributed by atoms with Crippen LogP contribution in [-0.4, -0.2) is 0 Å². The van der Waals surface area contributed by atoms with Gasteiger partial charge in [-0.15, -0.1) is 11.3 Å². The molecule has 0 N–H and O–H groups in total. The monoisotopic (exact) mass is 546 g/mol. The zero-order chi connectivity index (χ0) is 27.8. The Kier molecular flexibility index (Phi) is 6.50. The molecule has 0 spiro atoms. The van der Waals surface area contributed by atoms with Crippen molar-refractivity contribution in [3.05, 3.63) is 157 Å². The van der Waals surface area contributed by atoms with Gasteiger partial charge in [0.2, 0.25) is 0 Å². The van der Waals surface area contributed by atoms with Crippen LogP contribution in [0.4, 0.5) is 34.1 Å². The quantitative estimate of drug-likeness (QED) is 0.205.